The molecule has 1 heterocycles. The molecule has 0 bridgehead atoms. The molecule has 0 saturated heterocycles. The molecule has 3 aromatic rings. The molecule has 116 valence electrons. The van der Waals surface area contributed by atoms with E-state index in [2.05, 4.69) is 6.58 Å². The Hall–Kier alpha value is -3.14. The van der Waals surface area contributed by atoms with Gasteiger partial charge in [-0.15, -0.1) is 0 Å². The zero-order valence-electron chi connectivity index (χ0n) is 13.1. The van der Waals surface area contributed by atoms with Gasteiger partial charge < -0.3 is 14.1 Å². The molecular formula is C20H16BNO2. The van der Waals surface area contributed by atoms with E-state index in [1.54, 1.807) is 0 Å². The largest absolute Gasteiger partial charge is 0.743 e. The number of rotatable bonds is 4. The average Bonchev–Trinajstić information content (AvgIpc) is 3.07. The second-order valence-corrected chi connectivity index (χ2v) is 5.51. The van der Waals surface area contributed by atoms with Gasteiger partial charge in [0.05, 0.1) is 0 Å². The van der Waals surface area contributed by atoms with Gasteiger partial charge in [0.15, 0.2) is 0 Å². The van der Waals surface area contributed by atoms with Crippen molar-refractivity contribution in [2.45, 2.75) is 0 Å². The minimum Gasteiger partial charge on any atom is -0.503 e. The Balaban J connectivity index is 1.71. The Morgan fingerprint density at radius 2 is 1.21 bits per heavy atom. The van der Waals surface area contributed by atoms with Gasteiger partial charge in [-0.2, -0.15) is 0 Å². The molecule has 0 aliphatic carbocycles. The maximum absolute atomic E-state index is 6.01. The highest BCUT2D eigenvalue weighted by Crippen LogP contribution is 2.37. The van der Waals surface area contributed by atoms with Gasteiger partial charge in [-0.1, -0.05) is 67.2 Å². The van der Waals surface area contributed by atoms with Gasteiger partial charge in [0.1, 0.15) is 11.5 Å². The fourth-order valence-corrected chi connectivity index (χ4v) is 2.75. The summed E-state index contributed by atoms with van der Waals surface area (Å²) in [6.45, 7) is 4.27. The summed E-state index contributed by atoms with van der Waals surface area (Å²) in [7, 11) is -0.586. The lowest BCUT2D eigenvalue weighted by Crippen LogP contribution is -2.45. The number of hydrogen-bond acceptors (Lipinski definition) is 3. The topological polar surface area (TPSA) is 21.7 Å². The Bertz CT molecular complexity index is 827. The molecule has 1 aliphatic heterocycles. The van der Waals surface area contributed by atoms with Crippen molar-refractivity contribution in [3.05, 3.63) is 97.1 Å². The van der Waals surface area contributed by atoms with Crippen LogP contribution in [0, 0.1) is 0 Å². The number of para-hydroxylation sites is 3. The number of anilines is 1. The van der Waals surface area contributed by atoms with E-state index >= 15 is 0 Å². The molecule has 4 rings (SSSR count). The molecule has 4 heteroatoms. The first-order chi connectivity index (χ1) is 11.8. The van der Waals surface area contributed by atoms with Crippen molar-refractivity contribution >= 4 is 18.6 Å². The smallest absolute Gasteiger partial charge is 0.503 e. The highest BCUT2D eigenvalue weighted by atomic mass is 16.6. The summed E-state index contributed by atoms with van der Waals surface area (Å²) in [4.78, 5) is 1.97. The maximum Gasteiger partial charge on any atom is 0.743 e. The molecule has 0 saturated carbocycles. The third kappa shape index (κ3) is 2.63. The van der Waals surface area contributed by atoms with E-state index < -0.39 is 7.25 Å². The monoisotopic (exact) mass is 313 g/mol. The van der Waals surface area contributed by atoms with Crippen LogP contribution in [0.15, 0.2) is 91.5 Å². The highest BCUT2D eigenvalue weighted by Gasteiger charge is 2.41. The zero-order valence-corrected chi connectivity index (χ0v) is 13.1. The van der Waals surface area contributed by atoms with Crippen LogP contribution in [0.1, 0.15) is 5.56 Å². The lowest BCUT2D eigenvalue weighted by molar-refractivity contribution is 0.499. The van der Waals surface area contributed by atoms with Gasteiger partial charge in [0.2, 0.25) is 0 Å². The van der Waals surface area contributed by atoms with Gasteiger partial charge in [0.25, 0.3) is 0 Å². The van der Waals surface area contributed by atoms with Gasteiger partial charge in [-0.3, -0.25) is 0 Å². The van der Waals surface area contributed by atoms with Gasteiger partial charge >= 0.3 is 7.25 Å². The summed E-state index contributed by atoms with van der Waals surface area (Å²) >= 11 is 0. The minimum atomic E-state index is -0.586. The van der Waals surface area contributed by atoms with Crippen molar-refractivity contribution in [2.75, 3.05) is 4.81 Å². The van der Waals surface area contributed by atoms with Gasteiger partial charge in [0, 0.05) is 11.4 Å². The van der Waals surface area contributed by atoms with Crippen LogP contribution in [0.2, 0.25) is 0 Å². The molecule has 0 spiro atoms. The fraction of sp³-hybridized carbons (Fsp3) is 0. The lowest BCUT2D eigenvalue weighted by atomic mass is 9.98. The van der Waals surface area contributed by atoms with Gasteiger partial charge in [-0.05, 0) is 29.8 Å². The van der Waals surface area contributed by atoms with Crippen LogP contribution >= 0.6 is 0 Å². The van der Waals surface area contributed by atoms with Crippen LogP contribution < -0.4 is 14.1 Å². The van der Waals surface area contributed by atoms with E-state index in [9.17, 15) is 0 Å². The molecule has 3 aromatic carbocycles. The lowest BCUT2D eigenvalue weighted by Gasteiger charge is -2.27. The molecule has 0 unspecified atom stereocenters. The third-order valence-corrected chi connectivity index (χ3v) is 3.95. The third-order valence-electron chi connectivity index (χ3n) is 3.95. The highest BCUT2D eigenvalue weighted by molar-refractivity contribution is 6.55. The van der Waals surface area contributed by atoms with E-state index in [1.165, 1.54) is 0 Å². The summed E-state index contributed by atoms with van der Waals surface area (Å²) in [5, 5.41) is 0. The quantitative estimate of drug-likeness (QED) is 0.656. The molecule has 0 atom stereocenters. The molecule has 0 fully saturated rings. The fourth-order valence-electron chi connectivity index (χ4n) is 2.75. The number of benzene rings is 3. The maximum atomic E-state index is 6.01. The zero-order chi connectivity index (χ0) is 16.4. The van der Waals surface area contributed by atoms with E-state index in [0.717, 1.165) is 28.4 Å². The molecule has 24 heavy (non-hydrogen) atoms. The summed E-state index contributed by atoms with van der Waals surface area (Å²) in [5.74, 6) is 1.48. The summed E-state index contributed by atoms with van der Waals surface area (Å²) < 4.78 is 12.0. The minimum absolute atomic E-state index is 0.586. The van der Waals surface area contributed by atoms with Gasteiger partial charge in [-0.25, -0.2) is 0 Å². The normalized spacial score (nSPS) is 12.1. The molecule has 1 aliphatic rings. The van der Waals surface area contributed by atoms with Crippen LogP contribution in [-0.2, 0) is 0 Å². The molecule has 3 nitrogen and oxygen atoms in total. The molecule has 0 N–H and O–H groups in total. The van der Waals surface area contributed by atoms with E-state index in [1.807, 2.05) is 89.7 Å². The van der Waals surface area contributed by atoms with Crippen LogP contribution in [0.5, 0.6) is 11.5 Å². The Morgan fingerprint density at radius 1 is 0.708 bits per heavy atom. The van der Waals surface area contributed by atoms with Crippen molar-refractivity contribution in [3.8, 4) is 11.5 Å². The van der Waals surface area contributed by atoms with Crippen molar-refractivity contribution < 1.29 is 9.31 Å². The molecule has 0 radical (unpaired) electrons. The molecule has 0 amide bonds. The first kappa shape index (κ1) is 14.5. The van der Waals surface area contributed by atoms with Crippen molar-refractivity contribution in [1.29, 1.82) is 0 Å². The Kier molecular flexibility index (Phi) is 3.71. The predicted octanol–water partition coefficient (Wildman–Crippen LogP) is 4.62. The van der Waals surface area contributed by atoms with Crippen LogP contribution in [0.25, 0.3) is 5.70 Å². The number of hydrogen-bond donors (Lipinski definition) is 0. The summed E-state index contributed by atoms with van der Waals surface area (Å²) in [6, 6.07) is 27.7. The van der Waals surface area contributed by atoms with Crippen LogP contribution in [0.3, 0.4) is 0 Å². The first-order valence-corrected chi connectivity index (χ1v) is 7.84. The SMILES string of the molecule is C=C(c1ccccc1)N(B1Oc2ccccc2O1)c1ccccc1. The summed E-state index contributed by atoms with van der Waals surface area (Å²) in [5.41, 5.74) is 2.80. The average molecular weight is 313 g/mol. The molecule has 0 aromatic heterocycles. The van der Waals surface area contributed by atoms with Crippen LogP contribution in [-0.4, -0.2) is 7.25 Å². The van der Waals surface area contributed by atoms with E-state index in [0.29, 0.717) is 0 Å². The van der Waals surface area contributed by atoms with Crippen LogP contribution in [0.4, 0.5) is 5.69 Å². The second-order valence-electron chi connectivity index (χ2n) is 5.51. The second kappa shape index (κ2) is 6.16. The summed E-state index contributed by atoms with van der Waals surface area (Å²) in [6.07, 6.45) is 0. The van der Waals surface area contributed by atoms with E-state index in [4.69, 9.17) is 9.31 Å². The van der Waals surface area contributed by atoms with Crippen molar-refractivity contribution in [1.82, 2.24) is 0 Å². The van der Waals surface area contributed by atoms with E-state index in [-0.39, 0.29) is 0 Å². The number of nitrogens with zero attached hydrogens (tertiary/aromatic N) is 1. The number of fused-ring (bicyclic) bond motifs is 1. The standard InChI is InChI=1S/C20H16BNO2/c1-16(17-10-4-2-5-11-17)22(18-12-6-3-7-13-18)21-23-19-14-8-9-15-20(19)24-21/h2-15H,1H2. The van der Waals surface area contributed by atoms with Crippen molar-refractivity contribution in [3.63, 3.8) is 0 Å². The Morgan fingerprint density at radius 3 is 1.79 bits per heavy atom. The predicted molar refractivity (Wildman–Crippen MR) is 97.8 cm³/mol. The Labute approximate surface area is 141 Å². The first-order valence-electron chi connectivity index (χ1n) is 7.84. The van der Waals surface area contributed by atoms with Crippen molar-refractivity contribution in [2.24, 2.45) is 0 Å². The molecular weight excluding hydrogens is 297 g/mol.